The number of nitrogens with zero attached hydrogens (tertiary/aromatic N) is 1. The fourth-order valence-corrected chi connectivity index (χ4v) is 7.17. The minimum atomic E-state index is -4.56. The van der Waals surface area contributed by atoms with Crippen LogP contribution >= 0.6 is 7.82 Å². The van der Waals surface area contributed by atoms with Gasteiger partial charge in [0.25, 0.3) is 7.82 Å². The maximum absolute atomic E-state index is 12.8. The molecule has 0 saturated carbocycles. The van der Waals surface area contributed by atoms with E-state index in [1.807, 2.05) is 21.1 Å². The quantitative estimate of drug-likeness (QED) is 0.0279. The molecule has 0 heterocycles. The molecule has 2 N–H and O–H groups in total. The summed E-state index contributed by atoms with van der Waals surface area (Å²) in [5.41, 5.74) is 0. The highest BCUT2D eigenvalue weighted by molar-refractivity contribution is 7.45. The van der Waals surface area contributed by atoms with Crippen LogP contribution in [0, 0.1) is 0 Å². The predicted octanol–water partition coefficient (Wildman–Crippen LogP) is 11.3. The normalized spacial score (nSPS) is 14.5. The number of allylic oxidation sites excluding steroid dienone is 2. The van der Waals surface area contributed by atoms with E-state index >= 15 is 0 Å². The fourth-order valence-electron chi connectivity index (χ4n) is 6.45. The highest BCUT2D eigenvalue weighted by atomic mass is 31.2. The highest BCUT2D eigenvalue weighted by Crippen LogP contribution is 2.38. The van der Waals surface area contributed by atoms with E-state index in [9.17, 15) is 19.4 Å². The standard InChI is InChI=1S/C43H87N2O6P/c1-6-8-10-12-14-16-18-19-20-21-22-23-24-25-27-29-31-33-35-37-43(47)44-41(40-51-52(48,49)50-39-38-45(3,4)5)42(46)36-34-32-30-28-26-17-15-13-11-9-7-2/h19-20,41-42,46H,6-18,21-40H2,1-5H3,(H-,44,47,48,49)/b20-19+/t41-,42+/m0/s1. The van der Waals surface area contributed by atoms with Crippen LogP contribution in [0.15, 0.2) is 12.2 Å². The highest BCUT2D eigenvalue weighted by Gasteiger charge is 2.24. The van der Waals surface area contributed by atoms with Gasteiger partial charge in [0.05, 0.1) is 39.9 Å². The number of hydrogen-bond acceptors (Lipinski definition) is 6. The Bertz CT molecular complexity index is 865. The van der Waals surface area contributed by atoms with E-state index in [-0.39, 0.29) is 19.1 Å². The third kappa shape index (κ3) is 37.6. The van der Waals surface area contributed by atoms with Crippen molar-refractivity contribution in [1.29, 1.82) is 0 Å². The van der Waals surface area contributed by atoms with Gasteiger partial charge in [-0.2, -0.15) is 0 Å². The van der Waals surface area contributed by atoms with Crippen LogP contribution in [-0.2, 0) is 18.4 Å². The molecule has 1 unspecified atom stereocenters. The Morgan fingerprint density at radius 1 is 0.654 bits per heavy atom. The summed E-state index contributed by atoms with van der Waals surface area (Å²) in [4.78, 5) is 25.3. The lowest BCUT2D eigenvalue weighted by atomic mass is 10.0. The summed E-state index contributed by atoms with van der Waals surface area (Å²) in [5, 5.41) is 13.9. The molecule has 0 rings (SSSR count). The van der Waals surface area contributed by atoms with E-state index in [0.717, 1.165) is 38.5 Å². The first kappa shape index (κ1) is 51.2. The lowest BCUT2D eigenvalue weighted by Crippen LogP contribution is -2.46. The summed E-state index contributed by atoms with van der Waals surface area (Å²) in [6.45, 7) is 4.71. The molecule has 0 bridgehead atoms. The number of amides is 1. The number of quaternary nitrogens is 1. The van der Waals surface area contributed by atoms with Crippen molar-refractivity contribution in [1.82, 2.24) is 5.32 Å². The molecule has 0 spiro atoms. The van der Waals surface area contributed by atoms with Gasteiger partial charge in [-0.15, -0.1) is 0 Å². The third-order valence-corrected chi connectivity index (χ3v) is 11.0. The molecule has 0 radical (unpaired) electrons. The summed E-state index contributed by atoms with van der Waals surface area (Å²) >= 11 is 0. The first-order valence-corrected chi connectivity index (χ1v) is 23.5. The monoisotopic (exact) mass is 759 g/mol. The van der Waals surface area contributed by atoms with Crippen molar-refractivity contribution >= 4 is 13.7 Å². The van der Waals surface area contributed by atoms with Crippen molar-refractivity contribution < 1.29 is 32.9 Å². The van der Waals surface area contributed by atoms with Gasteiger partial charge in [0.1, 0.15) is 13.2 Å². The van der Waals surface area contributed by atoms with Crippen LogP contribution in [0.5, 0.6) is 0 Å². The Balaban J connectivity index is 4.29. The Kier molecular flexibility index (Phi) is 35.4. The van der Waals surface area contributed by atoms with Crippen LogP contribution in [0.2, 0.25) is 0 Å². The van der Waals surface area contributed by atoms with Gasteiger partial charge in [-0.1, -0.05) is 174 Å². The second-order valence-electron chi connectivity index (χ2n) is 16.4. The van der Waals surface area contributed by atoms with Gasteiger partial charge in [0.2, 0.25) is 5.91 Å². The zero-order valence-electron chi connectivity index (χ0n) is 35.0. The predicted molar refractivity (Wildman–Crippen MR) is 219 cm³/mol. The first-order valence-electron chi connectivity index (χ1n) is 22.0. The van der Waals surface area contributed by atoms with E-state index in [2.05, 4.69) is 31.3 Å². The number of phosphoric ester groups is 1. The summed E-state index contributed by atoms with van der Waals surface area (Å²) < 4.78 is 23.2. The SMILES string of the molecule is CCCCCCCC/C=C/CCCCCCCCCCCC(=O)N[C@@H](COP(=O)([O-])OCC[N+](C)(C)C)[C@H](O)CCCCCCCCCCCCC. The first-order chi connectivity index (χ1) is 25.0. The van der Waals surface area contributed by atoms with Gasteiger partial charge in [0, 0.05) is 6.42 Å². The van der Waals surface area contributed by atoms with Gasteiger partial charge in [-0.25, -0.2) is 0 Å². The summed E-state index contributed by atoms with van der Waals surface area (Å²) in [6.07, 6.45) is 39.2. The van der Waals surface area contributed by atoms with Crippen molar-refractivity contribution in [3.63, 3.8) is 0 Å². The number of phosphoric acid groups is 1. The number of rotatable bonds is 40. The number of hydrogen-bond donors (Lipinski definition) is 2. The molecule has 0 aliphatic rings. The number of nitrogens with one attached hydrogen (secondary N) is 1. The molecule has 9 heteroatoms. The molecule has 0 aliphatic heterocycles. The van der Waals surface area contributed by atoms with E-state index in [1.165, 1.54) is 141 Å². The smallest absolute Gasteiger partial charge is 0.268 e. The van der Waals surface area contributed by atoms with Gasteiger partial charge < -0.3 is 28.8 Å². The van der Waals surface area contributed by atoms with Crippen molar-refractivity contribution in [2.75, 3.05) is 40.9 Å². The van der Waals surface area contributed by atoms with Gasteiger partial charge in [0.15, 0.2) is 0 Å². The van der Waals surface area contributed by atoms with Gasteiger partial charge >= 0.3 is 0 Å². The molecule has 0 aromatic heterocycles. The number of carbonyl (C=O) groups is 1. The third-order valence-electron chi connectivity index (χ3n) is 10.0. The minimum absolute atomic E-state index is 0.0135. The Hall–Kier alpha value is -0.760. The molecule has 0 aromatic rings. The molecule has 310 valence electrons. The number of unbranched alkanes of at least 4 members (excludes halogenated alkanes) is 25. The molecule has 0 aliphatic carbocycles. The molecule has 52 heavy (non-hydrogen) atoms. The molecule has 3 atom stereocenters. The summed E-state index contributed by atoms with van der Waals surface area (Å²) in [6, 6.07) is -0.796. The van der Waals surface area contributed by atoms with Crippen LogP contribution in [0.3, 0.4) is 0 Å². The van der Waals surface area contributed by atoms with E-state index in [1.54, 1.807) is 0 Å². The Morgan fingerprint density at radius 2 is 1.06 bits per heavy atom. The van der Waals surface area contributed by atoms with E-state index < -0.39 is 20.0 Å². The number of aliphatic hydroxyl groups excluding tert-OH is 1. The van der Waals surface area contributed by atoms with Gasteiger partial charge in [-0.05, 0) is 38.5 Å². The van der Waals surface area contributed by atoms with Crippen molar-refractivity contribution in [3.8, 4) is 0 Å². The zero-order valence-corrected chi connectivity index (χ0v) is 35.9. The van der Waals surface area contributed by atoms with Crippen molar-refractivity contribution in [3.05, 3.63) is 12.2 Å². The summed E-state index contributed by atoms with van der Waals surface area (Å²) in [5.74, 6) is -0.167. The maximum Gasteiger partial charge on any atom is 0.268 e. The maximum atomic E-state index is 12.8. The van der Waals surface area contributed by atoms with Crippen LogP contribution < -0.4 is 10.2 Å². The fraction of sp³-hybridized carbons (Fsp3) is 0.930. The Labute approximate surface area is 322 Å². The van der Waals surface area contributed by atoms with Crippen molar-refractivity contribution in [2.24, 2.45) is 0 Å². The van der Waals surface area contributed by atoms with Crippen LogP contribution in [0.25, 0.3) is 0 Å². The number of likely N-dealkylation sites (N-methyl/N-ethyl adjacent to an activating group) is 1. The topological polar surface area (TPSA) is 108 Å². The molecule has 0 aromatic carbocycles. The molecular formula is C43H87N2O6P. The molecule has 0 fully saturated rings. The Morgan fingerprint density at radius 3 is 1.50 bits per heavy atom. The van der Waals surface area contributed by atoms with Crippen molar-refractivity contribution in [2.45, 2.75) is 219 Å². The number of carbonyl (C=O) groups excluding carboxylic acids is 1. The van der Waals surface area contributed by atoms with Crippen LogP contribution in [-0.4, -0.2) is 68.5 Å². The molecular weight excluding hydrogens is 671 g/mol. The number of aliphatic hydroxyl groups is 1. The molecule has 1 amide bonds. The second-order valence-corrected chi connectivity index (χ2v) is 17.8. The summed E-state index contributed by atoms with van der Waals surface area (Å²) in [7, 11) is 1.31. The van der Waals surface area contributed by atoms with Crippen LogP contribution in [0.4, 0.5) is 0 Å². The largest absolute Gasteiger partial charge is 0.756 e. The van der Waals surface area contributed by atoms with E-state index in [4.69, 9.17) is 9.05 Å². The minimum Gasteiger partial charge on any atom is -0.756 e. The average molecular weight is 759 g/mol. The lowest BCUT2D eigenvalue weighted by Gasteiger charge is -2.30. The lowest BCUT2D eigenvalue weighted by molar-refractivity contribution is -0.870. The zero-order chi connectivity index (χ0) is 38.6. The molecule has 8 nitrogen and oxygen atoms in total. The van der Waals surface area contributed by atoms with Gasteiger partial charge in [-0.3, -0.25) is 9.36 Å². The van der Waals surface area contributed by atoms with E-state index in [0.29, 0.717) is 23.9 Å². The molecule has 0 saturated heterocycles. The average Bonchev–Trinajstić information content (AvgIpc) is 3.09. The van der Waals surface area contributed by atoms with Crippen LogP contribution in [0.1, 0.15) is 206 Å². The second kappa shape index (κ2) is 35.9.